The van der Waals surface area contributed by atoms with E-state index in [-0.39, 0.29) is 17.9 Å². The first-order valence-corrected chi connectivity index (χ1v) is 13.1. The Morgan fingerprint density at radius 3 is 2.05 bits per heavy atom. The van der Waals surface area contributed by atoms with Crippen LogP contribution in [0.3, 0.4) is 0 Å². The lowest BCUT2D eigenvalue weighted by molar-refractivity contribution is -0.939. The number of quaternary nitrogens is 1. The second-order valence-electron chi connectivity index (χ2n) is 10.6. The molecule has 3 fully saturated rings. The lowest BCUT2D eigenvalue weighted by Gasteiger charge is -2.51. The number of piperidine rings is 3. The standard InChI is InChI=1S/C31H34N2O4/c1-23-12-14-24(15-13-23)20-32-29(34)22-33-18-16-25(17-19-33)28(21-33)37-30(35)31(36,26-8-4-2-5-9-26)27-10-6-3-7-11-27/h2-15,25,28,36H,16-22H2,1H3/p+1/t25?,28-,33?/m0/s1. The fourth-order valence-corrected chi connectivity index (χ4v) is 5.83. The van der Waals surface area contributed by atoms with Crippen LogP contribution in [-0.2, 0) is 26.5 Å². The van der Waals surface area contributed by atoms with Crippen molar-refractivity contribution in [1.29, 1.82) is 0 Å². The molecule has 0 aromatic heterocycles. The molecule has 6 nitrogen and oxygen atoms in total. The first-order valence-electron chi connectivity index (χ1n) is 13.1. The Bertz CT molecular complexity index is 1180. The minimum Gasteiger partial charge on any atom is -0.453 e. The third-order valence-electron chi connectivity index (χ3n) is 8.07. The van der Waals surface area contributed by atoms with Gasteiger partial charge < -0.3 is 19.6 Å². The van der Waals surface area contributed by atoms with Gasteiger partial charge in [-0.2, -0.15) is 0 Å². The van der Waals surface area contributed by atoms with Crippen LogP contribution in [0.4, 0.5) is 0 Å². The van der Waals surface area contributed by atoms with Crippen molar-refractivity contribution in [2.45, 2.75) is 38.0 Å². The number of esters is 1. The molecule has 6 heteroatoms. The summed E-state index contributed by atoms with van der Waals surface area (Å²) < 4.78 is 6.72. The lowest BCUT2D eigenvalue weighted by Crippen LogP contribution is -2.66. The summed E-state index contributed by atoms with van der Waals surface area (Å²) in [6, 6.07) is 26.1. The highest BCUT2D eigenvalue weighted by atomic mass is 16.6. The van der Waals surface area contributed by atoms with Gasteiger partial charge in [-0.15, -0.1) is 0 Å². The fraction of sp³-hybridized carbons (Fsp3) is 0.355. The number of nitrogens with one attached hydrogen (secondary N) is 1. The predicted molar refractivity (Wildman–Crippen MR) is 141 cm³/mol. The molecule has 2 bridgehead atoms. The number of rotatable bonds is 8. The maximum absolute atomic E-state index is 13.7. The van der Waals surface area contributed by atoms with Crippen molar-refractivity contribution in [3.63, 3.8) is 0 Å². The topological polar surface area (TPSA) is 75.6 Å². The summed E-state index contributed by atoms with van der Waals surface area (Å²) >= 11 is 0. The molecule has 0 aliphatic carbocycles. The van der Waals surface area contributed by atoms with E-state index in [2.05, 4.69) is 5.32 Å². The van der Waals surface area contributed by atoms with Crippen LogP contribution >= 0.6 is 0 Å². The number of aryl methyl sites for hydroxylation is 1. The number of ether oxygens (including phenoxy) is 1. The van der Waals surface area contributed by atoms with Crippen LogP contribution in [0, 0.1) is 12.8 Å². The zero-order valence-corrected chi connectivity index (χ0v) is 21.3. The van der Waals surface area contributed by atoms with Gasteiger partial charge in [-0.05, 0) is 23.6 Å². The second-order valence-corrected chi connectivity index (χ2v) is 10.6. The molecular formula is C31H35N2O4+. The van der Waals surface area contributed by atoms with Gasteiger partial charge in [0.2, 0.25) is 5.60 Å². The average Bonchev–Trinajstić information content (AvgIpc) is 2.93. The van der Waals surface area contributed by atoms with Crippen molar-refractivity contribution >= 4 is 11.9 Å². The van der Waals surface area contributed by atoms with Crippen molar-refractivity contribution in [2.24, 2.45) is 5.92 Å². The van der Waals surface area contributed by atoms with Crippen molar-refractivity contribution < 1.29 is 23.9 Å². The molecule has 3 saturated heterocycles. The monoisotopic (exact) mass is 499 g/mol. The van der Waals surface area contributed by atoms with Gasteiger partial charge in [0.15, 0.2) is 12.6 Å². The molecule has 3 aromatic carbocycles. The quantitative estimate of drug-likeness (QED) is 0.366. The number of aliphatic hydroxyl groups is 1. The molecule has 3 aliphatic heterocycles. The van der Waals surface area contributed by atoms with Crippen LogP contribution < -0.4 is 5.32 Å². The second kappa shape index (κ2) is 10.5. The number of nitrogens with zero attached hydrogens (tertiary/aromatic N) is 1. The molecule has 0 radical (unpaired) electrons. The number of hydrogen-bond acceptors (Lipinski definition) is 4. The van der Waals surface area contributed by atoms with E-state index in [0.29, 0.717) is 35.2 Å². The first-order chi connectivity index (χ1) is 17.9. The van der Waals surface area contributed by atoms with Gasteiger partial charge >= 0.3 is 5.97 Å². The molecule has 0 saturated carbocycles. The van der Waals surface area contributed by atoms with Crippen LogP contribution in [-0.4, -0.2) is 53.7 Å². The smallest absolute Gasteiger partial charge is 0.348 e. The number of hydrogen-bond donors (Lipinski definition) is 2. The summed E-state index contributed by atoms with van der Waals surface area (Å²) in [4.78, 5) is 26.6. The summed E-state index contributed by atoms with van der Waals surface area (Å²) in [6.45, 7) is 5.31. The number of amides is 1. The van der Waals surface area contributed by atoms with E-state index < -0.39 is 11.6 Å². The summed E-state index contributed by atoms with van der Waals surface area (Å²) in [5.41, 5.74) is 1.32. The van der Waals surface area contributed by atoms with Gasteiger partial charge in [-0.1, -0.05) is 90.5 Å². The van der Waals surface area contributed by atoms with Crippen LogP contribution in [0.25, 0.3) is 0 Å². The van der Waals surface area contributed by atoms with Gasteiger partial charge in [-0.3, -0.25) is 4.79 Å². The minimum absolute atomic E-state index is 0.0103. The van der Waals surface area contributed by atoms with Crippen LogP contribution in [0.1, 0.15) is 35.1 Å². The molecule has 3 heterocycles. The Morgan fingerprint density at radius 2 is 1.49 bits per heavy atom. The van der Waals surface area contributed by atoms with Crippen molar-refractivity contribution in [2.75, 3.05) is 26.2 Å². The van der Waals surface area contributed by atoms with E-state index in [1.165, 1.54) is 5.56 Å². The normalized spacial score (nSPS) is 22.9. The number of carbonyl (C=O) groups excluding carboxylic acids is 2. The van der Waals surface area contributed by atoms with E-state index in [1.807, 2.05) is 43.3 Å². The maximum atomic E-state index is 13.7. The highest BCUT2D eigenvalue weighted by Gasteiger charge is 2.51. The Kier molecular flexibility index (Phi) is 7.13. The molecule has 3 aliphatic rings. The minimum atomic E-state index is -1.90. The Balaban J connectivity index is 1.28. The van der Waals surface area contributed by atoms with Gasteiger partial charge in [0.25, 0.3) is 5.91 Å². The van der Waals surface area contributed by atoms with Crippen molar-refractivity contribution in [1.82, 2.24) is 5.32 Å². The van der Waals surface area contributed by atoms with E-state index in [9.17, 15) is 14.7 Å². The molecule has 1 amide bonds. The summed E-state index contributed by atoms with van der Waals surface area (Å²) in [5, 5.41) is 14.8. The third kappa shape index (κ3) is 5.31. The Morgan fingerprint density at radius 1 is 0.919 bits per heavy atom. The predicted octanol–water partition coefficient (Wildman–Crippen LogP) is 3.70. The maximum Gasteiger partial charge on any atom is 0.348 e. The molecule has 6 rings (SSSR count). The molecule has 0 spiro atoms. The first kappa shape index (κ1) is 25.2. The highest BCUT2D eigenvalue weighted by molar-refractivity contribution is 5.85. The molecule has 37 heavy (non-hydrogen) atoms. The average molecular weight is 500 g/mol. The van der Waals surface area contributed by atoms with Crippen LogP contribution in [0.5, 0.6) is 0 Å². The molecule has 2 N–H and O–H groups in total. The number of fused-ring (bicyclic) bond motifs is 3. The van der Waals surface area contributed by atoms with E-state index in [1.54, 1.807) is 48.5 Å². The Labute approximate surface area is 218 Å². The molecule has 192 valence electrons. The SMILES string of the molecule is Cc1ccc(CNC(=O)C[N+]23CCC(CC2)[C@@H](OC(=O)C(O)(c2ccccc2)c2ccccc2)C3)cc1. The van der Waals surface area contributed by atoms with Gasteiger partial charge in [0.05, 0.1) is 13.1 Å². The summed E-state index contributed by atoms with van der Waals surface area (Å²) in [6.07, 6.45) is 1.47. The highest BCUT2D eigenvalue weighted by Crippen LogP contribution is 2.38. The van der Waals surface area contributed by atoms with Gasteiger partial charge in [-0.25, -0.2) is 4.79 Å². The zero-order chi connectivity index (χ0) is 25.9. The van der Waals surface area contributed by atoms with Gasteiger partial charge in [0, 0.05) is 25.3 Å². The van der Waals surface area contributed by atoms with E-state index >= 15 is 0 Å². The van der Waals surface area contributed by atoms with Crippen molar-refractivity contribution in [3.8, 4) is 0 Å². The summed E-state index contributed by atoms with van der Waals surface area (Å²) in [5.74, 6) is -0.405. The number of carbonyl (C=O) groups is 2. The zero-order valence-electron chi connectivity index (χ0n) is 21.3. The van der Waals surface area contributed by atoms with Gasteiger partial charge in [0.1, 0.15) is 6.54 Å². The largest absolute Gasteiger partial charge is 0.453 e. The lowest BCUT2D eigenvalue weighted by atomic mass is 9.82. The third-order valence-corrected chi connectivity index (χ3v) is 8.07. The molecule has 3 aromatic rings. The van der Waals surface area contributed by atoms with E-state index in [0.717, 1.165) is 31.5 Å². The summed E-state index contributed by atoms with van der Waals surface area (Å²) in [7, 11) is 0. The van der Waals surface area contributed by atoms with E-state index in [4.69, 9.17) is 4.74 Å². The van der Waals surface area contributed by atoms with Crippen molar-refractivity contribution in [3.05, 3.63) is 107 Å². The molecular weight excluding hydrogens is 464 g/mol. The number of benzene rings is 3. The van der Waals surface area contributed by atoms with Crippen LogP contribution in [0.15, 0.2) is 84.9 Å². The Hall–Kier alpha value is -3.48. The molecule has 0 unspecified atom stereocenters. The van der Waals surface area contributed by atoms with Crippen LogP contribution in [0.2, 0.25) is 0 Å². The molecule has 1 atom stereocenters. The fourth-order valence-electron chi connectivity index (χ4n) is 5.83.